The van der Waals surface area contributed by atoms with Crippen molar-refractivity contribution in [3.05, 3.63) is 85.5 Å². The van der Waals surface area contributed by atoms with E-state index in [4.69, 9.17) is 9.47 Å². The van der Waals surface area contributed by atoms with Crippen molar-refractivity contribution in [2.75, 3.05) is 42.6 Å². The third-order valence-corrected chi connectivity index (χ3v) is 12.1. The highest BCUT2D eigenvalue weighted by Gasteiger charge is 2.77. The fraction of sp³-hybridized carbons (Fsp3) is 0.535. The van der Waals surface area contributed by atoms with E-state index in [0.29, 0.717) is 43.5 Å². The summed E-state index contributed by atoms with van der Waals surface area (Å²) in [4.78, 5) is 62.4. The molecule has 3 aliphatic heterocycles. The first-order valence-electron chi connectivity index (χ1n) is 19.7. The molecule has 2 aromatic carbocycles. The summed E-state index contributed by atoms with van der Waals surface area (Å²) in [5.74, 6) is -3.34. The normalized spacial score (nSPS) is 24.9. The minimum absolute atomic E-state index is 0.0886. The van der Waals surface area contributed by atoms with Gasteiger partial charge in [-0.2, -0.15) is 0 Å². The summed E-state index contributed by atoms with van der Waals surface area (Å²) in [6, 6.07) is 15.5. The van der Waals surface area contributed by atoms with Crippen molar-refractivity contribution in [3.8, 4) is 0 Å². The molecule has 0 saturated carbocycles. The molecule has 12 heteroatoms. The van der Waals surface area contributed by atoms with Gasteiger partial charge in [-0.15, -0.1) is 13.2 Å². The number of aliphatic hydroxyl groups is 1. The first-order valence-corrected chi connectivity index (χ1v) is 20.6. The predicted octanol–water partition coefficient (Wildman–Crippen LogP) is 6.11. The summed E-state index contributed by atoms with van der Waals surface area (Å²) < 4.78 is 13.1. The van der Waals surface area contributed by atoms with E-state index in [2.05, 4.69) is 53.2 Å². The van der Waals surface area contributed by atoms with E-state index in [1.165, 1.54) is 0 Å². The quantitative estimate of drug-likeness (QED) is 0.0669. The zero-order chi connectivity index (χ0) is 39.7. The van der Waals surface area contributed by atoms with Crippen LogP contribution in [0.2, 0.25) is 0 Å². The molecule has 2 N–H and O–H groups in total. The molecule has 0 aromatic heterocycles. The number of hydrogen-bond donors (Lipinski definition) is 2. The van der Waals surface area contributed by atoms with Gasteiger partial charge in [0.15, 0.2) is 0 Å². The number of rotatable bonds is 21. The Hall–Kier alpha value is -4.00. The number of likely N-dealkylation sites (tertiary alicyclic amines) is 1. The number of amides is 3. The van der Waals surface area contributed by atoms with Crippen LogP contribution in [0.5, 0.6) is 0 Å². The van der Waals surface area contributed by atoms with Crippen LogP contribution in [0, 0.1) is 11.8 Å². The number of carbonyl (C=O) groups excluding carboxylic acids is 4. The largest absolute Gasteiger partial charge is 0.455 e. The Morgan fingerprint density at radius 1 is 1.04 bits per heavy atom. The molecule has 3 amide bonds. The minimum Gasteiger partial charge on any atom is -0.455 e. The lowest BCUT2D eigenvalue weighted by Crippen LogP contribution is -2.57. The number of benzene rings is 2. The topological polar surface area (TPSA) is 129 Å². The molecule has 8 atom stereocenters. The Kier molecular flexibility index (Phi) is 14.7. The van der Waals surface area contributed by atoms with Crippen molar-refractivity contribution < 1.29 is 33.8 Å². The average Bonchev–Trinajstić information content (AvgIpc) is 3.78. The number of aliphatic hydroxyl groups excluding tert-OH is 1. The van der Waals surface area contributed by atoms with E-state index >= 15 is 4.79 Å². The van der Waals surface area contributed by atoms with Crippen molar-refractivity contribution in [1.29, 1.82) is 0 Å². The van der Waals surface area contributed by atoms with Crippen LogP contribution in [-0.4, -0.2) is 95.1 Å². The van der Waals surface area contributed by atoms with Gasteiger partial charge in [0.25, 0.3) is 5.91 Å². The maximum atomic E-state index is 15.1. The molecule has 3 saturated heterocycles. The van der Waals surface area contributed by atoms with Crippen LogP contribution in [0.3, 0.4) is 0 Å². The number of ether oxygens (including phenoxy) is 2. The van der Waals surface area contributed by atoms with Crippen molar-refractivity contribution in [1.82, 2.24) is 10.2 Å². The molecule has 11 nitrogen and oxygen atoms in total. The van der Waals surface area contributed by atoms with E-state index < -0.39 is 47.7 Å². The van der Waals surface area contributed by atoms with E-state index in [0.717, 1.165) is 31.6 Å². The summed E-state index contributed by atoms with van der Waals surface area (Å²) >= 11 is 3.78. The molecular weight excluding hydrogens is 764 g/mol. The van der Waals surface area contributed by atoms with Gasteiger partial charge in [-0.05, 0) is 76.3 Å². The molecule has 0 radical (unpaired) electrons. The molecular formula is C43H57BrN4O7. The number of carbonyl (C=O) groups is 4. The molecule has 2 aromatic rings. The Balaban J connectivity index is 1.49. The van der Waals surface area contributed by atoms with Gasteiger partial charge < -0.3 is 34.6 Å². The second kappa shape index (κ2) is 19.2. The lowest BCUT2D eigenvalue weighted by atomic mass is 9.70. The van der Waals surface area contributed by atoms with Gasteiger partial charge in [-0.3, -0.25) is 19.2 Å². The molecule has 1 spiro atoms. The molecule has 0 aliphatic carbocycles. The lowest BCUT2D eigenvalue weighted by Gasteiger charge is -2.37. The number of alkyl halides is 1. The average molecular weight is 822 g/mol. The number of fused-ring (bicyclic) bond motifs is 1. The zero-order valence-corrected chi connectivity index (χ0v) is 34.0. The highest BCUT2D eigenvalue weighted by molar-refractivity contribution is 9.09. The van der Waals surface area contributed by atoms with Crippen LogP contribution in [0.25, 0.3) is 0 Å². The number of nitrogens with one attached hydrogen (secondary N) is 1. The number of anilines is 2. The third-order valence-electron chi connectivity index (χ3n) is 11.3. The Labute approximate surface area is 334 Å². The first-order chi connectivity index (χ1) is 26.6. The standard InChI is InChI=1S/C43H57BrN4O7/c1-6-10-20-34(50)45-29(5)37(30-18-14-13-15-19-30)54-42(53)35-36-40(51)48(26-16-11-12-17-27-49)39(43(36)28-33(44)38(35)55-43)41(52)47(25-7-2)32-23-21-31(22-24-32)46(8-3)9-4/h6-7,13-15,18-19,21-24,29,33,35-39,49H,1-2,8-12,16-17,20,25-28H2,3-5H3,(H,45,50)/t29-,33?,35-,36+,37-,38-,39-,43+/m0/s1. The van der Waals surface area contributed by atoms with Crippen molar-refractivity contribution in [2.24, 2.45) is 11.8 Å². The number of hydrogen-bond acceptors (Lipinski definition) is 8. The molecule has 3 fully saturated rings. The number of unbranched alkanes of at least 4 members (excludes halogenated alkanes) is 3. The van der Waals surface area contributed by atoms with E-state index in [1.54, 1.807) is 28.9 Å². The number of allylic oxidation sites excluding steroid dienone is 1. The van der Waals surface area contributed by atoms with Crippen molar-refractivity contribution in [2.45, 2.75) is 100 Å². The van der Waals surface area contributed by atoms with Crippen LogP contribution < -0.4 is 15.1 Å². The molecule has 2 bridgehead atoms. The first kappa shape index (κ1) is 42.1. The van der Waals surface area contributed by atoms with Crippen LogP contribution in [0.1, 0.15) is 77.4 Å². The zero-order valence-electron chi connectivity index (χ0n) is 32.4. The van der Waals surface area contributed by atoms with Crippen molar-refractivity contribution in [3.63, 3.8) is 0 Å². The van der Waals surface area contributed by atoms with Crippen LogP contribution in [-0.2, 0) is 28.7 Å². The second-order valence-electron chi connectivity index (χ2n) is 14.7. The van der Waals surface area contributed by atoms with Gasteiger partial charge in [-0.1, -0.05) is 71.3 Å². The molecule has 3 aliphatic rings. The van der Waals surface area contributed by atoms with Gasteiger partial charge >= 0.3 is 5.97 Å². The van der Waals surface area contributed by atoms with Crippen molar-refractivity contribution >= 4 is 51.0 Å². The Morgan fingerprint density at radius 2 is 1.71 bits per heavy atom. The number of nitrogens with zero attached hydrogens (tertiary/aromatic N) is 3. The molecule has 55 heavy (non-hydrogen) atoms. The summed E-state index contributed by atoms with van der Waals surface area (Å²) in [5, 5.41) is 12.3. The van der Waals surface area contributed by atoms with E-state index in [-0.39, 0.29) is 42.1 Å². The van der Waals surface area contributed by atoms with E-state index in [1.807, 2.05) is 54.6 Å². The van der Waals surface area contributed by atoms with Crippen LogP contribution >= 0.6 is 15.9 Å². The number of halogens is 1. The number of esters is 1. The summed E-state index contributed by atoms with van der Waals surface area (Å²) in [5.41, 5.74) is 1.13. The summed E-state index contributed by atoms with van der Waals surface area (Å²) in [7, 11) is 0. The third kappa shape index (κ3) is 8.86. The van der Waals surface area contributed by atoms with Gasteiger partial charge in [-0.25, -0.2) is 0 Å². The van der Waals surface area contributed by atoms with Crippen LogP contribution in [0.15, 0.2) is 79.9 Å². The predicted molar refractivity (Wildman–Crippen MR) is 218 cm³/mol. The molecule has 298 valence electrons. The highest BCUT2D eigenvalue weighted by Crippen LogP contribution is 2.60. The SMILES string of the molecule is C=CCCC(=O)N[C@@H](C)[C@H](OC(=O)[C@@H]1[C@H]2O[C@@]3(CC2Br)[C@H](C(=O)N(CC=C)c2ccc(N(CC)CC)cc2)N(CCCCCCO)C(=O)[C@@H]13)c1ccccc1. The fourth-order valence-electron chi connectivity index (χ4n) is 8.64. The maximum absolute atomic E-state index is 15.1. The molecule has 1 unspecified atom stereocenters. The smallest absolute Gasteiger partial charge is 0.313 e. The Bertz CT molecular complexity index is 1650. The van der Waals surface area contributed by atoms with Crippen LogP contribution in [0.4, 0.5) is 11.4 Å². The molecule has 3 heterocycles. The summed E-state index contributed by atoms with van der Waals surface area (Å²) in [6.45, 7) is 15.9. The molecule has 5 rings (SSSR count). The van der Waals surface area contributed by atoms with Gasteiger partial charge in [0, 0.05) is 55.4 Å². The highest BCUT2D eigenvalue weighted by atomic mass is 79.9. The van der Waals surface area contributed by atoms with Gasteiger partial charge in [0.2, 0.25) is 11.8 Å². The van der Waals surface area contributed by atoms with Gasteiger partial charge in [0.1, 0.15) is 17.7 Å². The fourth-order valence-corrected chi connectivity index (χ4v) is 9.58. The minimum atomic E-state index is -1.28. The summed E-state index contributed by atoms with van der Waals surface area (Å²) in [6.07, 6.45) is 5.73. The Morgan fingerprint density at radius 3 is 2.35 bits per heavy atom. The second-order valence-corrected chi connectivity index (χ2v) is 15.9. The maximum Gasteiger partial charge on any atom is 0.313 e. The lowest BCUT2D eigenvalue weighted by molar-refractivity contribution is -0.162. The van der Waals surface area contributed by atoms with E-state index in [9.17, 15) is 19.5 Å². The monoisotopic (exact) mass is 820 g/mol. The van der Waals surface area contributed by atoms with Gasteiger partial charge in [0.05, 0.1) is 24.0 Å².